The molecule has 0 N–H and O–H groups in total. The van der Waals surface area contributed by atoms with E-state index in [1.807, 2.05) is 0 Å². The van der Waals surface area contributed by atoms with Crippen molar-refractivity contribution in [2.45, 2.75) is 23.5 Å². The molecule has 0 aliphatic heterocycles. The molecule has 0 spiro atoms. The zero-order valence-electron chi connectivity index (χ0n) is 6.60. The van der Waals surface area contributed by atoms with Crippen molar-refractivity contribution >= 4 is 15.9 Å². The van der Waals surface area contributed by atoms with Gasteiger partial charge in [-0.25, -0.2) is 0 Å². The van der Waals surface area contributed by atoms with Crippen molar-refractivity contribution in [3.8, 4) is 0 Å². The number of hydrogen-bond acceptors (Lipinski definition) is 1. The predicted octanol–water partition coefficient (Wildman–Crippen LogP) is 3.91. The van der Waals surface area contributed by atoms with E-state index < -0.39 is 28.4 Å². The van der Waals surface area contributed by atoms with Crippen LogP contribution in [0.25, 0.3) is 0 Å². The van der Waals surface area contributed by atoms with E-state index in [2.05, 4.69) is 0 Å². The summed E-state index contributed by atoms with van der Waals surface area (Å²) < 4.78 is 118. The molecule has 0 amide bonds. The van der Waals surface area contributed by atoms with Gasteiger partial charge in [0.2, 0.25) is 0 Å². The highest BCUT2D eigenvalue weighted by molar-refractivity contribution is 9.10. The second kappa shape index (κ2) is 3.89. The molecule has 0 aromatic carbocycles. The van der Waals surface area contributed by atoms with Gasteiger partial charge in [-0.1, -0.05) is 4.90 Å². The first kappa shape index (κ1) is 15.7. The summed E-state index contributed by atoms with van der Waals surface area (Å²) in [6, 6.07) is -6.51. The van der Waals surface area contributed by atoms with Gasteiger partial charge in [-0.05, 0) is 15.9 Å². The van der Waals surface area contributed by atoms with Crippen molar-refractivity contribution in [1.29, 1.82) is 0 Å². The number of rotatable bonds is 2. The molecule has 0 heterocycles. The third kappa shape index (κ3) is 3.12. The Labute approximate surface area is 89.1 Å². The first-order valence-electron chi connectivity index (χ1n) is 3.00. The molecule has 0 saturated carbocycles. The summed E-state index contributed by atoms with van der Waals surface area (Å²) >= 11 is 0.761. The van der Waals surface area contributed by atoms with Gasteiger partial charge in [0, 0.05) is 0 Å². The smallest absolute Gasteiger partial charge is 0.185 e. The van der Waals surface area contributed by atoms with Crippen LogP contribution < -0.4 is 0 Å². The molecule has 0 atom stereocenters. The quantitative estimate of drug-likeness (QED) is 0.421. The van der Waals surface area contributed by atoms with Gasteiger partial charge in [-0.3, -0.25) is 0 Å². The van der Waals surface area contributed by atoms with Gasteiger partial charge in [-0.15, -0.1) is 0 Å². The molecule has 0 bridgehead atoms. The van der Waals surface area contributed by atoms with Crippen LogP contribution in [-0.4, -0.2) is 28.4 Å². The summed E-state index contributed by atoms with van der Waals surface area (Å²) in [7, 11) is 0. The zero-order chi connectivity index (χ0) is 13.6. The fourth-order valence-electron chi connectivity index (χ4n) is 0.589. The monoisotopic (exact) mass is 331 g/mol. The Kier molecular flexibility index (Phi) is 3.83. The minimum atomic E-state index is -6.71. The summed E-state index contributed by atoms with van der Waals surface area (Å²) in [5, 5.41) is 0. The predicted molar refractivity (Wildman–Crippen MR) is 32.8 cm³/mol. The molecule has 0 rings (SSSR count). The van der Waals surface area contributed by atoms with Crippen LogP contribution in [0.2, 0.25) is 0 Å². The molecule has 16 heavy (non-hydrogen) atoms. The standard InChI is InChI=1S/C4BrF10N/c5-1(6,7)2(8,9)16(3(10,11)12)4(13,14)15. The molecule has 0 aliphatic carbocycles. The molecule has 0 aromatic rings. The van der Waals surface area contributed by atoms with Crippen LogP contribution in [0.15, 0.2) is 0 Å². The second-order valence-corrected chi connectivity index (χ2v) is 3.31. The van der Waals surface area contributed by atoms with Gasteiger partial charge < -0.3 is 0 Å². The molecule has 0 aliphatic rings. The summed E-state index contributed by atoms with van der Waals surface area (Å²) in [6.45, 7) is 0. The summed E-state index contributed by atoms with van der Waals surface area (Å²) in [5.41, 5.74) is 0. The van der Waals surface area contributed by atoms with Crippen molar-refractivity contribution in [3.05, 3.63) is 0 Å². The van der Waals surface area contributed by atoms with Crippen LogP contribution in [-0.2, 0) is 0 Å². The van der Waals surface area contributed by atoms with Crippen LogP contribution in [0.3, 0.4) is 0 Å². The summed E-state index contributed by atoms with van der Waals surface area (Å²) in [5.74, 6) is 0. The minimum absolute atomic E-state index is 0.761. The van der Waals surface area contributed by atoms with Crippen molar-refractivity contribution in [1.82, 2.24) is 4.90 Å². The van der Waals surface area contributed by atoms with Gasteiger partial charge in [0.1, 0.15) is 0 Å². The molecule has 1 nitrogen and oxygen atoms in total. The van der Waals surface area contributed by atoms with Crippen molar-refractivity contribution in [3.63, 3.8) is 0 Å². The van der Waals surface area contributed by atoms with E-state index >= 15 is 0 Å². The van der Waals surface area contributed by atoms with Gasteiger partial charge in [0.25, 0.3) is 0 Å². The normalized spacial score (nSPS) is 15.8. The number of halogens is 11. The molecule has 0 saturated heterocycles. The van der Waals surface area contributed by atoms with Gasteiger partial charge in [-0.2, -0.15) is 43.9 Å². The molecule has 0 aromatic heterocycles. The Bertz CT molecular complexity index is 233. The molecular formula is C4BrF10N. The summed E-state index contributed by atoms with van der Waals surface area (Å²) in [6.07, 6.45) is -13.4. The van der Waals surface area contributed by atoms with Gasteiger partial charge in [0.15, 0.2) is 0 Å². The molecule has 0 unspecified atom stereocenters. The average Bonchev–Trinajstić information content (AvgIpc) is 1.72. The number of alkyl halides is 11. The lowest BCUT2D eigenvalue weighted by atomic mass is 10.5. The zero-order valence-corrected chi connectivity index (χ0v) is 8.19. The lowest BCUT2D eigenvalue weighted by Gasteiger charge is -2.35. The Morgan fingerprint density at radius 3 is 0.938 bits per heavy atom. The summed E-state index contributed by atoms with van der Waals surface area (Å²) in [4.78, 5) is -9.19. The van der Waals surface area contributed by atoms with Crippen LogP contribution in [0, 0.1) is 0 Å². The van der Waals surface area contributed by atoms with Crippen molar-refractivity contribution in [2.75, 3.05) is 0 Å². The highest BCUT2D eigenvalue weighted by Crippen LogP contribution is 2.50. The van der Waals surface area contributed by atoms with E-state index in [-0.39, 0.29) is 0 Å². The van der Waals surface area contributed by atoms with Crippen LogP contribution >= 0.6 is 15.9 Å². The van der Waals surface area contributed by atoms with Crippen LogP contribution in [0.5, 0.6) is 0 Å². The highest BCUT2D eigenvalue weighted by Gasteiger charge is 2.74. The topological polar surface area (TPSA) is 3.24 Å². The van der Waals surface area contributed by atoms with Crippen molar-refractivity contribution in [2.24, 2.45) is 0 Å². The average molecular weight is 332 g/mol. The second-order valence-electron chi connectivity index (χ2n) is 2.31. The fourth-order valence-corrected chi connectivity index (χ4v) is 0.766. The van der Waals surface area contributed by atoms with Crippen molar-refractivity contribution < 1.29 is 43.9 Å². The van der Waals surface area contributed by atoms with E-state index in [9.17, 15) is 43.9 Å². The van der Waals surface area contributed by atoms with E-state index in [1.54, 1.807) is 0 Å². The van der Waals surface area contributed by atoms with Gasteiger partial charge >= 0.3 is 23.5 Å². The van der Waals surface area contributed by atoms with E-state index in [0.29, 0.717) is 0 Å². The Morgan fingerprint density at radius 2 is 0.875 bits per heavy atom. The first-order chi connectivity index (χ1) is 6.62. The van der Waals surface area contributed by atoms with Gasteiger partial charge in [0.05, 0.1) is 0 Å². The lowest BCUT2D eigenvalue weighted by Crippen LogP contribution is -2.63. The highest BCUT2D eigenvalue weighted by atomic mass is 79.9. The molecule has 98 valence electrons. The molecular weight excluding hydrogens is 332 g/mol. The van der Waals surface area contributed by atoms with E-state index in [0.717, 1.165) is 15.9 Å². The fraction of sp³-hybridized carbons (Fsp3) is 1.00. The first-order valence-corrected chi connectivity index (χ1v) is 3.79. The Hall–Kier alpha value is -0.260. The Balaban J connectivity index is 5.57. The Morgan fingerprint density at radius 1 is 0.625 bits per heavy atom. The lowest BCUT2D eigenvalue weighted by molar-refractivity contribution is -0.457. The van der Waals surface area contributed by atoms with Crippen LogP contribution in [0.1, 0.15) is 0 Å². The molecule has 0 radical (unpaired) electrons. The maximum absolute atomic E-state index is 12.3. The van der Waals surface area contributed by atoms with E-state index in [1.165, 1.54) is 0 Å². The number of nitrogens with zero attached hydrogens (tertiary/aromatic N) is 1. The maximum Gasteiger partial charge on any atom is 0.472 e. The minimum Gasteiger partial charge on any atom is -0.185 e. The third-order valence-electron chi connectivity index (χ3n) is 1.13. The molecule has 12 heteroatoms. The SMILES string of the molecule is FC(F)(F)N(C(F)(F)F)C(F)(F)C(F)(F)Br. The van der Waals surface area contributed by atoms with E-state index in [4.69, 9.17) is 0 Å². The number of hydrogen-bond donors (Lipinski definition) is 0. The largest absolute Gasteiger partial charge is 0.472 e. The maximum atomic E-state index is 12.3. The molecule has 0 fully saturated rings. The van der Waals surface area contributed by atoms with Crippen LogP contribution in [0.4, 0.5) is 43.9 Å². The third-order valence-corrected chi connectivity index (χ3v) is 1.61.